The fourth-order valence-corrected chi connectivity index (χ4v) is 3.05. The number of rotatable bonds is 6. The van der Waals surface area contributed by atoms with Crippen LogP contribution < -0.4 is 5.32 Å². The van der Waals surface area contributed by atoms with Gasteiger partial charge in [-0.15, -0.1) is 0 Å². The van der Waals surface area contributed by atoms with Crippen LogP contribution in [-0.2, 0) is 16.1 Å². The van der Waals surface area contributed by atoms with Crippen molar-refractivity contribution in [3.63, 3.8) is 0 Å². The van der Waals surface area contributed by atoms with Crippen molar-refractivity contribution in [3.05, 3.63) is 64.7 Å². The first kappa shape index (κ1) is 19.1. The maximum atomic E-state index is 12.7. The summed E-state index contributed by atoms with van der Waals surface area (Å²) in [5.41, 5.74) is 2.58. The third kappa shape index (κ3) is 4.93. The number of aryl methyl sites for hydroxylation is 1. The molecular formula is C21H23NO5. The number of anilines is 1. The third-order valence-corrected chi connectivity index (χ3v) is 4.63. The summed E-state index contributed by atoms with van der Waals surface area (Å²) in [4.78, 5) is 24.0. The number of carbonyl (C=O) groups excluding carboxylic acids is 1. The van der Waals surface area contributed by atoms with Gasteiger partial charge in [0, 0.05) is 24.5 Å². The summed E-state index contributed by atoms with van der Waals surface area (Å²) in [6, 6.07) is 12.1. The SMILES string of the molecule is Cc1ccc(NC(=O)c2ccccc2COC2CCOCC2)cc1C(=O)O. The van der Waals surface area contributed by atoms with Gasteiger partial charge in [0.05, 0.1) is 18.3 Å². The number of ether oxygens (including phenoxy) is 2. The maximum Gasteiger partial charge on any atom is 0.336 e. The second-order valence-corrected chi connectivity index (χ2v) is 6.57. The highest BCUT2D eigenvalue weighted by atomic mass is 16.5. The van der Waals surface area contributed by atoms with E-state index in [1.807, 2.05) is 12.1 Å². The minimum Gasteiger partial charge on any atom is -0.478 e. The molecule has 6 heteroatoms. The number of nitrogens with one attached hydrogen (secondary N) is 1. The molecule has 0 spiro atoms. The number of benzene rings is 2. The Labute approximate surface area is 158 Å². The second kappa shape index (κ2) is 8.79. The van der Waals surface area contributed by atoms with Gasteiger partial charge < -0.3 is 19.9 Å². The number of hydrogen-bond acceptors (Lipinski definition) is 4. The van der Waals surface area contributed by atoms with Crippen molar-refractivity contribution in [2.24, 2.45) is 0 Å². The number of amides is 1. The van der Waals surface area contributed by atoms with Gasteiger partial charge in [0.15, 0.2) is 0 Å². The van der Waals surface area contributed by atoms with Crippen molar-refractivity contribution in [1.82, 2.24) is 0 Å². The van der Waals surface area contributed by atoms with Gasteiger partial charge in [-0.1, -0.05) is 24.3 Å². The number of aromatic carboxylic acids is 1. The van der Waals surface area contributed by atoms with E-state index in [0.717, 1.165) is 18.4 Å². The first-order valence-electron chi connectivity index (χ1n) is 8.97. The Morgan fingerprint density at radius 3 is 2.63 bits per heavy atom. The minimum atomic E-state index is -1.02. The molecule has 142 valence electrons. The molecule has 2 aromatic rings. The van der Waals surface area contributed by atoms with E-state index in [0.29, 0.717) is 36.6 Å². The zero-order valence-electron chi connectivity index (χ0n) is 15.2. The fraction of sp³-hybridized carbons (Fsp3) is 0.333. The summed E-state index contributed by atoms with van der Waals surface area (Å²) in [6.07, 6.45) is 1.86. The Hall–Kier alpha value is -2.70. The van der Waals surface area contributed by atoms with Crippen molar-refractivity contribution in [2.75, 3.05) is 18.5 Å². The van der Waals surface area contributed by atoms with Crippen molar-refractivity contribution >= 4 is 17.6 Å². The van der Waals surface area contributed by atoms with Crippen LogP contribution in [0.3, 0.4) is 0 Å². The summed E-state index contributed by atoms with van der Waals surface area (Å²) in [7, 11) is 0. The van der Waals surface area contributed by atoms with E-state index in [2.05, 4.69) is 5.32 Å². The molecule has 2 N–H and O–H groups in total. The molecule has 1 saturated heterocycles. The molecule has 0 aliphatic carbocycles. The van der Waals surface area contributed by atoms with Gasteiger partial charge >= 0.3 is 5.97 Å². The molecule has 1 aliphatic heterocycles. The quantitative estimate of drug-likeness (QED) is 0.812. The Morgan fingerprint density at radius 1 is 1.15 bits per heavy atom. The van der Waals surface area contributed by atoms with Crippen molar-refractivity contribution in [3.8, 4) is 0 Å². The second-order valence-electron chi connectivity index (χ2n) is 6.57. The molecule has 1 heterocycles. The van der Waals surface area contributed by atoms with Crippen molar-refractivity contribution < 1.29 is 24.2 Å². The molecule has 1 amide bonds. The Morgan fingerprint density at radius 2 is 1.89 bits per heavy atom. The maximum absolute atomic E-state index is 12.7. The van der Waals surface area contributed by atoms with Gasteiger partial charge in [-0.25, -0.2) is 4.79 Å². The summed E-state index contributed by atoms with van der Waals surface area (Å²) < 4.78 is 11.3. The molecule has 1 aliphatic rings. The lowest BCUT2D eigenvalue weighted by Gasteiger charge is -2.23. The van der Waals surface area contributed by atoms with E-state index < -0.39 is 5.97 Å². The zero-order chi connectivity index (χ0) is 19.2. The van der Waals surface area contributed by atoms with E-state index >= 15 is 0 Å². The van der Waals surface area contributed by atoms with Crippen LogP contribution in [0.4, 0.5) is 5.69 Å². The molecule has 0 unspecified atom stereocenters. The summed E-state index contributed by atoms with van der Waals surface area (Å²) in [6.45, 7) is 3.47. The van der Waals surface area contributed by atoms with E-state index in [4.69, 9.17) is 9.47 Å². The fourth-order valence-electron chi connectivity index (χ4n) is 3.05. The predicted molar refractivity (Wildman–Crippen MR) is 101 cm³/mol. The van der Waals surface area contributed by atoms with E-state index in [-0.39, 0.29) is 17.6 Å². The lowest BCUT2D eigenvalue weighted by Crippen LogP contribution is -2.24. The van der Waals surface area contributed by atoms with Crippen LogP contribution in [0.15, 0.2) is 42.5 Å². The third-order valence-electron chi connectivity index (χ3n) is 4.63. The monoisotopic (exact) mass is 369 g/mol. The van der Waals surface area contributed by atoms with Gasteiger partial charge in [-0.2, -0.15) is 0 Å². The lowest BCUT2D eigenvalue weighted by atomic mass is 10.1. The van der Waals surface area contributed by atoms with Crippen molar-refractivity contribution in [1.29, 1.82) is 0 Å². The normalized spacial score (nSPS) is 14.7. The number of hydrogen-bond donors (Lipinski definition) is 2. The molecule has 27 heavy (non-hydrogen) atoms. The van der Waals surface area contributed by atoms with Crippen LogP contribution >= 0.6 is 0 Å². The molecule has 0 bridgehead atoms. The predicted octanol–water partition coefficient (Wildman–Crippen LogP) is 3.64. The number of carboxylic acids is 1. The average Bonchev–Trinajstić information content (AvgIpc) is 2.68. The minimum absolute atomic E-state index is 0.144. The van der Waals surface area contributed by atoms with E-state index in [9.17, 15) is 14.7 Å². The number of carboxylic acid groups (broad SMARTS) is 1. The van der Waals surface area contributed by atoms with Gasteiger partial charge in [-0.05, 0) is 49.1 Å². The standard InChI is InChI=1S/C21H23NO5/c1-14-6-7-16(12-19(14)21(24)25)22-20(23)18-5-3-2-4-15(18)13-27-17-8-10-26-11-9-17/h2-7,12,17H,8-11,13H2,1H3,(H,22,23)(H,24,25). The molecule has 1 fully saturated rings. The summed E-state index contributed by atoms with van der Waals surface area (Å²) in [5, 5.41) is 12.0. The lowest BCUT2D eigenvalue weighted by molar-refractivity contribution is -0.0391. The topological polar surface area (TPSA) is 84.9 Å². The highest BCUT2D eigenvalue weighted by Crippen LogP contribution is 2.19. The smallest absolute Gasteiger partial charge is 0.336 e. The Kier molecular flexibility index (Phi) is 6.21. The van der Waals surface area contributed by atoms with Crippen LogP contribution in [-0.4, -0.2) is 36.3 Å². The highest BCUT2D eigenvalue weighted by Gasteiger charge is 2.17. The van der Waals surface area contributed by atoms with Crippen LogP contribution in [0.25, 0.3) is 0 Å². The molecule has 0 radical (unpaired) electrons. The average molecular weight is 369 g/mol. The van der Waals surface area contributed by atoms with E-state index in [1.165, 1.54) is 6.07 Å². The van der Waals surface area contributed by atoms with Gasteiger partial charge in [0.2, 0.25) is 0 Å². The van der Waals surface area contributed by atoms with Crippen molar-refractivity contribution in [2.45, 2.75) is 32.5 Å². The molecule has 6 nitrogen and oxygen atoms in total. The molecule has 0 atom stereocenters. The van der Waals surface area contributed by atoms with Crippen LogP contribution in [0, 0.1) is 6.92 Å². The molecular weight excluding hydrogens is 346 g/mol. The van der Waals surface area contributed by atoms with Crippen LogP contribution in [0.1, 0.15) is 44.7 Å². The molecule has 0 aromatic heterocycles. The number of carbonyl (C=O) groups is 2. The largest absolute Gasteiger partial charge is 0.478 e. The Balaban J connectivity index is 1.71. The van der Waals surface area contributed by atoms with Gasteiger partial charge in [0.1, 0.15) is 0 Å². The van der Waals surface area contributed by atoms with Gasteiger partial charge in [-0.3, -0.25) is 4.79 Å². The summed E-state index contributed by atoms with van der Waals surface area (Å²) >= 11 is 0. The highest BCUT2D eigenvalue weighted by molar-refractivity contribution is 6.05. The van der Waals surface area contributed by atoms with Crippen LogP contribution in [0.2, 0.25) is 0 Å². The first-order chi connectivity index (χ1) is 13.0. The van der Waals surface area contributed by atoms with E-state index in [1.54, 1.807) is 31.2 Å². The summed E-state index contributed by atoms with van der Waals surface area (Å²) in [5.74, 6) is -1.31. The van der Waals surface area contributed by atoms with Crippen LogP contribution in [0.5, 0.6) is 0 Å². The molecule has 2 aromatic carbocycles. The first-order valence-corrected chi connectivity index (χ1v) is 8.97. The molecule has 3 rings (SSSR count). The van der Waals surface area contributed by atoms with Gasteiger partial charge in [0.25, 0.3) is 5.91 Å². The molecule has 0 saturated carbocycles. The zero-order valence-corrected chi connectivity index (χ0v) is 15.2. The Bertz CT molecular complexity index is 827.